The summed E-state index contributed by atoms with van der Waals surface area (Å²) < 4.78 is 5.72. The molecule has 0 aliphatic rings. The molecule has 1 aromatic rings. The van der Waals surface area contributed by atoms with Crippen LogP contribution in [0.4, 0.5) is 0 Å². The van der Waals surface area contributed by atoms with Crippen LogP contribution in [0.2, 0.25) is 0 Å². The van der Waals surface area contributed by atoms with Gasteiger partial charge in [-0.15, -0.1) is 12.4 Å². The van der Waals surface area contributed by atoms with Gasteiger partial charge in [-0.1, -0.05) is 36.5 Å². The van der Waals surface area contributed by atoms with Crippen LogP contribution in [0, 0.1) is 0 Å². The maximum atomic E-state index is 8.13. The highest BCUT2D eigenvalue weighted by Crippen LogP contribution is 2.18. The van der Waals surface area contributed by atoms with Crippen molar-refractivity contribution in [3.8, 4) is 5.75 Å². The molecule has 118 valence electrons. The quantitative estimate of drug-likeness (QED) is 0.292. The van der Waals surface area contributed by atoms with Crippen LogP contribution in [0.3, 0.4) is 0 Å². The number of nitrogens with two attached hydrogens (primary N) is 1. The van der Waals surface area contributed by atoms with Crippen molar-refractivity contribution in [2.75, 3.05) is 13.2 Å². The molecule has 2 N–H and O–H groups in total. The number of nitrogens with zero attached hydrogens (tertiary/aromatic N) is 3. The van der Waals surface area contributed by atoms with E-state index in [1.807, 2.05) is 31.2 Å². The van der Waals surface area contributed by atoms with Gasteiger partial charge in [0, 0.05) is 17.5 Å². The smallest absolute Gasteiger partial charge is 0.119 e. The molecule has 0 aliphatic heterocycles. The predicted molar refractivity (Wildman–Crippen MR) is 88.9 cm³/mol. The van der Waals surface area contributed by atoms with Crippen molar-refractivity contribution in [1.82, 2.24) is 0 Å². The average Bonchev–Trinajstić information content (AvgIpc) is 2.46. The Labute approximate surface area is 132 Å². The van der Waals surface area contributed by atoms with Crippen molar-refractivity contribution in [2.24, 2.45) is 10.8 Å². The highest BCUT2D eigenvalue weighted by Gasteiger charge is 2.01. The van der Waals surface area contributed by atoms with Crippen molar-refractivity contribution in [2.45, 2.75) is 45.1 Å². The lowest BCUT2D eigenvalue weighted by molar-refractivity contribution is 0.304. The van der Waals surface area contributed by atoms with E-state index in [0.29, 0.717) is 6.54 Å². The van der Waals surface area contributed by atoms with Crippen LogP contribution in [0.5, 0.6) is 5.75 Å². The van der Waals surface area contributed by atoms with E-state index in [9.17, 15) is 0 Å². The van der Waals surface area contributed by atoms with E-state index >= 15 is 0 Å². The molecule has 1 atom stereocenters. The van der Waals surface area contributed by atoms with Crippen molar-refractivity contribution in [3.05, 3.63) is 40.3 Å². The summed E-state index contributed by atoms with van der Waals surface area (Å²) in [5.74, 6) is 0.892. The molecule has 21 heavy (non-hydrogen) atoms. The first-order valence-electron chi connectivity index (χ1n) is 7.23. The topological polar surface area (TPSA) is 84.0 Å². The largest absolute Gasteiger partial charge is 0.494 e. The second-order valence-electron chi connectivity index (χ2n) is 4.93. The molecule has 0 fully saturated rings. The Kier molecular flexibility index (Phi) is 11.5. The summed E-state index contributed by atoms with van der Waals surface area (Å²) in [6.07, 6.45) is 5.43. The first kappa shape index (κ1) is 19.6. The molecule has 0 saturated carbocycles. The first-order chi connectivity index (χ1) is 9.74. The summed E-state index contributed by atoms with van der Waals surface area (Å²) in [6.45, 7) is 3.31. The lowest BCUT2D eigenvalue weighted by atomic mass is 10.1. The van der Waals surface area contributed by atoms with Crippen molar-refractivity contribution in [3.63, 3.8) is 0 Å². The van der Waals surface area contributed by atoms with Crippen LogP contribution >= 0.6 is 12.4 Å². The Morgan fingerprint density at radius 2 is 1.95 bits per heavy atom. The van der Waals surface area contributed by atoms with Crippen LogP contribution in [-0.2, 0) is 0 Å². The summed E-state index contributed by atoms with van der Waals surface area (Å²) in [7, 11) is 0. The zero-order valence-corrected chi connectivity index (χ0v) is 13.4. The molecule has 0 aliphatic carbocycles. The van der Waals surface area contributed by atoms with E-state index in [-0.39, 0.29) is 18.4 Å². The number of unbranched alkanes of at least 4 members (excludes halogenated alkanes) is 4. The summed E-state index contributed by atoms with van der Waals surface area (Å²) in [6, 6.07) is 8.00. The second kappa shape index (κ2) is 12.3. The van der Waals surface area contributed by atoms with E-state index in [4.69, 9.17) is 16.0 Å². The van der Waals surface area contributed by atoms with Crippen molar-refractivity contribution in [1.29, 1.82) is 0 Å². The molecule has 1 rings (SSSR count). The minimum atomic E-state index is 0. The molecule has 0 bridgehead atoms. The molecular weight excluding hydrogens is 288 g/mol. The molecule has 0 unspecified atom stereocenters. The minimum Gasteiger partial charge on any atom is -0.494 e. The number of halogens is 1. The van der Waals surface area contributed by atoms with Crippen molar-refractivity contribution >= 4 is 12.4 Å². The molecule has 6 heteroatoms. The Balaban J connectivity index is 0.00000400. The minimum absolute atomic E-state index is 0. The monoisotopic (exact) mass is 312 g/mol. The highest BCUT2D eigenvalue weighted by molar-refractivity contribution is 5.85. The number of benzene rings is 1. The van der Waals surface area contributed by atoms with Gasteiger partial charge in [-0.2, -0.15) is 0 Å². The van der Waals surface area contributed by atoms with Crippen LogP contribution < -0.4 is 10.5 Å². The van der Waals surface area contributed by atoms with Gasteiger partial charge in [0.1, 0.15) is 5.75 Å². The summed E-state index contributed by atoms with van der Waals surface area (Å²) in [4.78, 5) is 2.73. The molecule has 5 nitrogen and oxygen atoms in total. The Morgan fingerprint density at radius 3 is 2.67 bits per heavy atom. The van der Waals surface area contributed by atoms with Gasteiger partial charge in [0.2, 0.25) is 0 Å². The Hall–Kier alpha value is -1.42. The standard InChI is InChI=1S/C15H24N4O.ClH/c1-13(16)14-8-7-9-15(12-14)20-11-6-4-2-3-5-10-18-19-17;/h7-9,12-13H,2-6,10-11,16H2,1H3;1H/t13-;/m1./s1. The van der Waals surface area contributed by atoms with Gasteiger partial charge in [0.05, 0.1) is 6.61 Å². The average molecular weight is 313 g/mol. The third-order valence-corrected chi connectivity index (χ3v) is 3.12. The number of ether oxygens (including phenoxy) is 1. The van der Waals surface area contributed by atoms with Gasteiger partial charge in [0.25, 0.3) is 0 Å². The lowest BCUT2D eigenvalue weighted by Gasteiger charge is -2.10. The fourth-order valence-corrected chi connectivity index (χ4v) is 1.94. The summed E-state index contributed by atoms with van der Waals surface area (Å²) >= 11 is 0. The van der Waals surface area contributed by atoms with E-state index in [1.54, 1.807) is 0 Å². The SMILES string of the molecule is C[C@@H](N)c1cccc(OCCCCCCCN=[N+]=[N-])c1.Cl. The van der Waals surface area contributed by atoms with Crippen LogP contribution in [0.15, 0.2) is 29.4 Å². The molecule has 1 aromatic carbocycles. The molecule has 0 aromatic heterocycles. The fraction of sp³-hybridized carbons (Fsp3) is 0.600. The predicted octanol–water partition coefficient (Wildman–Crippen LogP) is 4.77. The van der Waals surface area contributed by atoms with Crippen LogP contribution in [-0.4, -0.2) is 13.2 Å². The molecule has 0 heterocycles. The van der Waals surface area contributed by atoms with E-state index in [0.717, 1.165) is 50.0 Å². The van der Waals surface area contributed by atoms with Crippen LogP contribution in [0.1, 0.15) is 50.6 Å². The first-order valence-corrected chi connectivity index (χ1v) is 7.23. The van der Waals surface area contributed by atoms with Crippen molar-refractivity contribution < 1.29 is 4.74 Å². The summed E-state index contributed by atoms with van der Waals surface area (Å²) in [5, 5.41) is 3.51. The van der Waals surface area contributed by atoms with Gasteiger partial charge in [-0.05, 0) is 43.0 Å². The van der Waals surface area contributed by atoms with Gasteiger partial charge in [-0.3, -0.25) is 0 Å². The number of hydrogen-bond donors (Lipinski definition) is 1. The van der Waals surface area contributed by atoms with E-state index in [2.05, 4.69) is 10.0 Å². The highest BCUT2D eigenvalue weighted by atomic mass is 35.5. The molecule has 0 saturated heterocycles. The Bertz CT molecular complexity index is 433. The van der Waals surface area contributed by atoms with Gasteiger partial charge in [0.15, 0.2) is 0 Å². The maximum Gasteiger partial charge on any atom is 0.119 e. The molecule has 0 spiro atoms. The van der Waals surface area contributed by atoms with Crippen LogP contribution in [0.25, 0.3) is 10.4 Å². The fourth-order valence-electron chi connectivity index (χ4n) is 1.94. The lowest BCUT2D eigenvalue weighted by Crippen LogP contribution is -2.05. The normalized spacial score (nSPS) is 11.1. The number of azide groups is 1. The number of rotatable bonds is 10. The zero-order chi connectivity index (χ0) is 14.6. The van der Waals surface area contributed by atoms with Gasteiger partial charge >= 0.3 is 0 Å². The van der Waals surface area contributed by atoms with Gasteiger partial charge in [-0.25, -0.2) is 0 Å². The van der Waals surface area contributed by atoms with E-state index < -0.39 is 0 Å². The molecule has 0 radical (unpaired) electrons. The molecule has 0 amide bonds. The van der Waals surface area contributed by atoms with Gasteiger partial charge < -0.3 is 10.5 Å². The zero-order valence-electron chi connectivity index (χ0n) is 12.6. The number of hydrogen-bond acceptors (Lipinski definition) is 3. The third kappa shape index (κ3) is 9.19. The second-order valence-corrected chi connectivity index (χ2v) is 4.93. The van der Waals surface area contributed by atoms with E-state index in [1.165, 1.54) is 0 Å². The maximum absolute atomic E-state index is 8.13. The summed E-state index contributed by atoms with van der Waals surface area (Å²) in [5.41, 5.74) is 15.1. The third-order valence-electron chi connectivity index (χ3n) is 3.12. The Morgan fingerprint density at radius 1 is 1.24 bits per heavy atom. The molecular formula is C15H25ClN4O.